The highest BCUT2D eigenvalue weighted by Crippen LogP contribution is 2.44. The molecule has 2 aliphatic rings. The van der Waals surface area contributed by atoms with Gasteiger partial charge in [-0.15, -0.1) is 0 Å². The van der Waals surface area contributed by atoms with Crippen molar-refractivity contribution in [2.75, 3.05) is 13.7 Å². The van der Waals surface area contributed by atoms with Crippen LogP contribution in [0.3, 0.4) is 0 Å². The van der Waals surface area contributed by atoms with Crippen LogP contribution in [0.25, 0.3) is 11.4 Å². The third-order valence-electron chi connectivity index (χ3n) is 7.54. The number of hydrogen-bond acceptors (Lipinski definition) is 3. The Morgan fingerprint density at radius 3 is 2.07 bits per heavy atom. The Balaban J connectivity index is 1.24. The van der Waals surface area contributed by atoms with Gasteiger partial charge in [0, 0.05) is 31.7 Å². The lowest BCUT2D eigenvalue weighted by Gasteiger charge is -2.38. The SMILES string of the molecule is COCCC[C@H]1CC[C@H](C2CCC(c3cnc(-c4ccc(F)cc4)nc3)CC2)CC1. The van der Waals surface area contributed by atoms with E-state index >= 15 is 0 Å². The fourth-order valence-corrected chi connectivity index (χ4v) is 5.69. The lowest BCUT2D eigenvalue weighted by molar-refractivity contribution is 0.144. The summed E-state index contributed by atoms with van der Waals surface area (Å²) >= 11 is 0. The van der Waals surface area contributed by atoms with Crippen LogP contribution in [0.2, 0.25) is 0 Å². The molecule has 3 nitrogen and oxygen atoms in total. The van der Waals surface area contributed by atoms with E-state index in [0.29, 0.717) is 11.7 Å². The molecular weight excluding hydrogens is 375 g/mol. The number of methoxy groups -OCH3 is 1. The standard InChI is InChI=1S/C26H35FN2O/c1-30-16-2-3-19-4-6-20(7-5-19)21-8-10-22(11-9-21)24-17-28-26(29-18-24)23-12-14-25(27)15-13-23/h12-15,17-22H,2-11,16H2,1H3/t19-,20-,21?,22?. The molecule has 0 atom stereocenters. The van der Waals surface area contributed by atoms with Crippen molar-refractivity contribution in [2.24, 2.45) is 17.8 Å². The van der Waals surface area contributed by atoms with Crippen molar-refractivity contribution < 1.29 is 9.13 Å². The third kappa shape index (κ3) is 5.46. The second-order valence-corrected chi connectivity index (χ2v) is 9.37. The molecule has 2 aliphatic carbocycles. The molecule has 0 radical (unpaired) electrons. The maximum Gasteiger partial charge on any atom is 0.159 e. The number of benzene rings is 1. The molecule has 1 heterocycles. The van der Waals surface area contributed by atoms with E-state index in [1.54, 1.807) is 19.2 Å². The molecule has 30 heavy (non-hydrogen) atoms. The van der Waals surface area contributed by atoms with Gasteiger partial charge in [-0.25, -0.2) is 14.4 Å². The minimum Gasteiger partial charge on any atom is -0.385 e. The summed E-state index contributed by atoms with van der Waals surface area (Å²) < 4.78 is 18.3. The van der Waals surface area contributed by atoms with Crippen LogP contribution in [-0.2, 0) is 4.74 Å². The van der Waals surface area contributed by atoms with Crippen molar-refractivity contribution in [3.8, 4) is 11.4 Å². The first-order valence-corrected chi connectivity index (χ1v) is 11.8. The fraction of sp³-hybridized carbons (Fsp3) is 0.615. The molecule has 0 N–H and O–H groups in total. The number of nitrogens with zero attached hydrogens (tertiary/aromatic N) is 2. The number of hydrogen-bond donors (Lipinski definition) is 0. The van der Waals surface area contributed by atoms with Gasteiger partial charge in [-0.3, -0.25) is 0 Å². The molecule has 4 heteroatoms. The van der Waals surface area contributed by atoms with E-state index < -0.39 is 0 Å². The highest BCUT2D eigenvalue weighted by atomic mass is 19.1. The highest BCUT2D eigenvalue weighted by molar-refractivity contribution is 5.54. The van der Waals surface area contributed by atoms with Crippen LogP contribution < -0.4 is 0 Å². The van der Waals surface area contributed by atoms with E-state index in [1.165, 1.54) is 81.9 Å². The van der Waals surface area contributed by atoms with Crippen molar-refractivity contribution >= 4 is 0 Å². The predicted molar refractivity (Wildman–Crippen MR) is 119 cm³/mol. The molecule has 4 rings (SSSR count). The van der Waals surface area contributed by atoms with Crippen molar-refractivity contribution in [3.05, 3.63) is 48.0 Å². The van der Waals surface area contributed by atoms with E-state index in [0.717, 1.165) is 29.9 Å². The molecular formula is C26H35FN2O. The van der Waals surface area contributed by atoms with Gasteiger partial charge in [0.1, 0.15) is 5.82 Å². The van der Waals surface area contributed by atoms with Gasteiger partial charge in [0.2, 0.25) is 0 Å². The topological polar surface area (TPSA) is 35.0 Å². The number of halogens is 1. The predicted octanol–water partition coefficient (Wildman–Crippen LogP) is 6.79. The van der Waals surface area contributed by atoms with Crippen molar-refractivity contribution in [1.82, 2.24) is 9.97 Å². The summed E-state index contributed by atoms with van der Waals surface area (Å²) in [5.41, 5.74) is 2.13. The molecule has 0 saturated heterocycles. The second-order valence-electron chi connectivity index (χ2n) is 9.37. The fourth-order valence-electron chi connectivity index (χ4n) is 5.69. The smallest absolute Gasteiger partial charge is 0.159 e. The van der Waals surface area contributed by atoms with Gasteiger partial charge in [0.05, 0.1) is 0 Å². The van der Waals surface area contributed by atoms with Crippen LogP contribution in [-0.4, -0.2) is 23.7 Å². The van der Waals surface area contributed by atoms with E-state index in [4.69, 9.17) is 4.74 Å². The van der Waals surface area contributed by atoms with Crippen molar-refractivity contribution in [2.45, 2.75) is 70.1 Å². The Kier molecular flexibility index (Phi) is 7.48. The van der Waals surface area contributed by atoms with E-state index in [1.807, 2.05) is 12.4 Å². The zero-order chi connectivity index (χ0) is 20.8. The van der Waals surface area contributed by atoms with Gasteiger partial charge in [0.25, 0.3) is 0 Å². The van der Waals surface area contributed by atoms with Crippen LogP contribution in [0.5, 0.6) is 0 Å². The zero-order valence-electron chi connectivity index (χ0n) is 18.2. The molecule has 0 aliphatic heterocycles. The van der Waals surface area contributed by atoms with E-state index in [9.17, 15) is 4.39 Å². The highest BCUT2D eigenvalue weighted by Gasteiger charge is 2.31. The molecule has 0 amide bonds. The number of rotatable bonds is 7. The summed E-state index contributed by atoms with van der Waals surface area (Å²) in [7, 11) is 1.80. The van der Waals surface area contributed by atoms with Crippen LogP contribution in [0, 0.1) is 23.6 Å². The van der Waals surface area contributed by atoms with Crippen molar-refractivity contribution in [3.63, 3.8) is 0 Å². The Morgan fingerprint density at radius 1 is 0.867 bits per heavy atom. The van der Waals surface area contributed by atoms with E-state index in [2.05, 4.69) is 9.97 Å². The Bertz CT molecular complexity index is 761. The third-order valence-corrected chi connectivity index (χ3v) is 7.54. The van der Waals surface area contributed by atoms with Gasteiger partial charge in [-0.1, -0.05) is 12.8 Å². The quantitative estimate of drug-likeness (QED) is 0.471. The molecule has 162 valence electrons. The summed E-state index contributed by atoms with van der Waals surface area (Å²) in [4.78, 5) is 9.12. The monoisotopic (exact) mass is 410 g/mol. The Labute approximate surface area is 180 Å². The van der Waals surface area contributed by atoms with Crippen molar-refractivity contribution in [1.29, 1.82) is 0 Å². The Hall–Kier alpha value is -1.81. The van der Waals surface area contributed by atoms with Gasteiger partial charge in [-0.05, 0) is 105 Å². The van der Waals surface area contributed by atoms with Gasteiger partial charge < -0.3 is 4.74 Å². The van der Waals surface area contributed by atoms with Crippen LogP contribution >= 0.6 is 0 Å². The summed E-state index contributed by atoms with van der Waals surface area (Å²) in [5.74, 6) is 3.84. The molecule has 0 bridgehead atoms. The average Bonchev–Trinajstić information content (AvgIpc) is 2.81. The average molecular weight is 411 g/mol. The number of aromatic nitrogens is 2. The largest absolute Gasteiger partial charge is 0.385 e. The number of ether oxygens (including phenoxy) is 1. The van der Waals surface area contributed by atoms with E-state index in [-0.39, 0.29) is 5.82 Å². The minimum absolute atomic E-state index is 0.230. The van der Waals surface area contributed by atoms with Crippen LogP contribution in [0.4, 0.5) is 4.39 Å². The first-order valence-electron chi connectivity index (χ1n) is 11.8. The van der Waals surface area contributed by atoms with Gasteiger partial charge in [-0.2, -0.15) is 0 Å². The molecule has 2 saturated carbocycles. The summed E-state index contributed by atoms with van der Waals surface area (Å²) in [5, 5.41) is 0. The normalized spacial score (nSPS) is 27.1. The first-order chi connectivity index (χ1) is 14.7. The van der Waals surface area contributed by atoms with Crippen LogP contribution in [0.1, 0.15) is 75.7 Å². The second kappa shape index (κ2) is 10.5. The van der Waals surface area contributed by atoms with Gasteiger partial charge in [0.15, 0.2) is 5.82 Å². The summed E-state index contributed by atoms with van der Waals surface area (Å²) in [6.07, 6.45) is 17.5. The zero-order valence-corrected chi connectivity index (χ0v) is 18.2. The van der Waals surface area contributed by atoms with Crippen LogP contribution in [0.15, 0.2) is 36.7 Å². The summed E-state index contributed by atoms with van der Waals surface area (Å²) in [6.45, 7) is 0.915. The first kappa shape index (κ1) is 21.4. The molecule has 0 spiro atoms. The Morgan fingerprint density at radius 2 is 1.47 bits per heavy atom. The lowest BCUT2D eigenvalue weighted by Crippen LogP contribution is -2.25. The molecule has 2 fully saturated rings. The molecule has 1 aromatic carbocycles. The molecule has 1 aromatic heterocycles. The van der Waals surface area contributed by atoms with Gasteiger partial charge >= 0.3 is 0 Å². The maximum atomic E-state index is 13.1. The molecule has 2 aromatic rings. The lowest BCUT2D eigenvalue weighted by atomic mass is 9.68. The minimum atomic E-state index is -0.230. The maximum absolute atomic E-state index is 13.1. The summed E-state index contributed by atoms with van der Waals surface area (Å²) in [6, 6.07) is 6.39. The molecule has 0 unspecified atom stereocenters.